The lowest BCUT2D eigenvalue weighted by Gasteiger charge is -2.02. The third kappa shape index (κ3) is 3.86. The number of rotatable bonds is 5. The van der Waals surface area contributed by atoms with E-state index in [2.05, 4.69) is 9.72 Å². The summed E-state index contributed by atoms with van der Waals surface area (Å²) in [4.78, 5) is 25.1. The van der Waals surface area contributed by atoms with Gasteiger partial charge in [-0.15, -0.1) is 0 Å². The Morgan fingerprint density at radius 3 is 3.00 bits per heavy atom. The second-order valence-electron chi connectivity index (χ2n) is 2.74. The second-order valence-corrected chi connectivity index (χ2v) is 2.74. The molecule has 1 heterocycles. The summed E-state index contributed by atoms with van der Waals surface area (Å²) in [5.41, 5.74) is 0.942. The molecule has 1 aromatic heterocycles. The number of hydrogen-bond donors (Lipinski definition) is 0. The Balaban J connectivity index is 2.43. The molecule has 5 nitrogen and oxygen atoms in total. The summed E-state index contributed by atoms with van der Waals surface area (Å²) in [7, 11) is 1.29. The average molecular weight is 209 g/mol. The van der Waals surface area contributed by atoms with Crippen LogP contribution in [-0.2, 0) is 20.9 Å². The number of aromatic nitrogens is 1. The van der Waals surface area contributed by atoms with Gasteiger partial charge in [-0.1, -0.05) is 6.07 Å². The van der Waals surface area contributed by atoms with E-state index in [4.69, 9.17) is 4.74 Å². The molecule has 0 N–H and O–H groups in total. The quantitative estimate of drug-likeness (QED) is 0.524. The molecule has 0 atom stereocenters. The Morgan fingerprint density at radius 1 is 1.53 bits per heavy atom. The molecule has 0 aliphatic carbocycles. The van der Waals surface area contributed by atoms with E-state index in [1.165, 1.54) is 7.11 Å². The van der Waals surface area contributed by atoms with Gasteiger partial charge in [0.15, 0.2) is 6.29 Å². The van der Waals surface area contributed by atoms with E-state index in [1.807, 2.05) is 0 Å². The lowest BCUT2D eigenvalue weighted by atomic mass is 10.3. The van der Waals surface area contributed by atoms with Gasteiger partial charge in [0.25, 0.3) is 0 Å². The van der Waals surface area contributed by atoms with Crippen molar-refractivity contribution in [1.82, 2.24) is 4.98 Å². The Bertz CT molecular complexity index is 351. The number of aldehydes is 1. The summed E-state index contributed by atoms with van der Waals surface area (Å²) in [5.74, 6) is -0.443. The highest BCUT2D eigenvalue weighted by Gasteiger charge is 2.01. The van der Waals surface area contributed by atoms with Gasteiger partial charge in [-0.3, -0.25) is 4.79 Å². The first-order valence-corrected chi connectivity index (χ1v) is 4.32. The Hall–Kier alpha value is -1.75. The molecule has 0 aliphatic heterocycles. The largest absolute Gasteiger partial charge is 0.467 e. The van der Waals surface area contributed by atoms with Crippen molar-refractivity contribution >= 4 is 12.3 Å². The highest BCUT2D eigenvalue weighted by atomic mass is 16.6. The summed E-state index contributed by atoms with van der Waals surface area (Å²) >= 11 is 0. The van der Waals surface area contributed by atoms with E-state index in [0.29, 0.717) is 17.7 Å². The third-order valence-electron chi connectivity index (χ3n) is 1.65. The summed E-state index contributed by atoms with van der Waals surface area (Å²) in [6.45, 7) is 0.0558. The highest BCUT2D eigenvalue weighted by Crippen LogP contribution is 1.99. The topological polar surface area (TPSA) is 65.5 Å². The van der Waals surface area contributed by atoms with Crippen LogP contribution in [0.2, 0.25) is 0 Å². The smallest absolute Gasteiger partial charge is 0.331 e. The zero-order valence-corrected chi connectivity index (χ0v) is 8.30. The maximum absolute atomic E-state index is 10.7. The molecule has 0 saturated heterocycles. The fraction of sp³-hybridized carbons (Fsp3) is 0.300. The van der Waals surface area contributed by atoms with Crippen LogP contribution in [-0.4, -0.2) is 31.0 Å². The SMILES string of the molecule is COC(=O)COCc1cccc(C=O)n1. The van der Waals surface area contributed by atoms with E-state index < -0.39 is 5.97 Å². The normalized spacial score (nSPS) is 9.67. The van der Waals surface area contributed by atoms with E-state index in [9.17, 15) is 9.59 Å². The summed E-state index contributed by atoms with van der Waals surface area (Å²) in [6, 6.07) is 5.01. The van der Waals surface area contributed by atoms with Gasteiger partial charge in [-0.25, -0.2) is 9.78 Å². The predicted molar refractivity (Wildman–Crippen MR) is 51.3 cm³/mol. The van der Waals surface area contributed by atoms with E-state index in [-0.39, 0.29) is 13.2 Å². The molecule has 1 aromatic rings. The first-order valence-electron chi connectivity index (χ1n) is 4.32. The fourth-order valence-electron chi connectivity index (χ4n) is 0.942. The van der Waals surface area contributed by atoms with Crippen molar-refractivity contribution < 1.29 is 19.1 Å². The standard InChI is InChI=1S/C10H11NO4/c1-14-10(13)7-15-6-9-4-2-3-8(5-12)11-9/h2-5H,6-7H2,1H3. The second kappa shape index (κ2) is 5.87. The molecule has 0 amide bonds. The lowest BCUT2D eigenvalue weighted by Crippen LogP contribution is -2.10. The molecule has 0 bridgehead atoms. The molecule has 0 spiro atoms. The molecule has 1 rings (SSSR count). The Kier molecular flexibility index (Phi) is 4.43. The zero-order valence-electron chi connectivity index (χ0n) is 8.30. The number of methoxy groups -OCH3 is 1. The van der Waals surface area contributed by atoms with Crippen molar-refractivity contribution in [3.63, 3.8) is 0 Å². The van der Waals surface area contributed by atoms with Crippen LogP contribution in [0.1, 0.15) is 16.2 Å². The number of ether oxygens (including phenoxy) is 2. The molecule has 0 saturated carbocycles. The van der Waals surface area contributed by atoms with Crippen LogP contribution in [0.25, 0.3) is 0 Å². The first kappa shape index (κ1) is 11.3. The third-order valence-corrected chi connectivity index (χ3v) is 1.65. The number of pyridine rings is 1. The van der Waals surface area contributed by atoms with Crippen molar-refractivity contribution in [3.8, 4) is 0 Å². The minimum absolute atomic E-state index is 0.122. The van der Waals surface area contributed by atoms with E-state index in [1.54, 1.807) is 18.2 Å². The van der Waals surface area contributed by atoms with Gasteiger partial charge < -0.3 is 9.47 Å². The molecule has 0 unspecified atom stereocenters. The highest BCUT2D eigenvalue weighted by molar-refractivity contribution is 5.71. The lowest BCUT2D eigenvalue weighted by molar-refractivity contribution is -0.146. The van der Waals surface area contributed by atoms with Crippen LogP contribution in [0, 0.1) is 0 Å². The average Bonchev–Trinajstić information content (AvgIpc) is 2.29. The van der Waals surface area contributed by atoms with E-state index >= 15 is 0 Å². The molecule has 15 heavy (non-hydrogen) atoms. The van der Waals surface area contributed by atoms with E-state index in [0.717, 1.165) is 0 Å². The van der Waals surface area contributed by atoms with Crippen LogP contribution in [0.5, 0.6) is 0 Å². The molecule has 0 radical (unpaired) electrons. The van der Waals surface area contributed by atoms with Crippen LogP contribution < -0.4 is 0 Å². The van der Waals surface area contributed by atoms with Crippen LogP contribution in [0.4, 0.5) is 0 Å². The number of nitrogens with zero attached hydrogens (tertiary/aromatic N) is 1. The number of esters is 1. The van der Waals surface area contributed by atoms with Gasteiger partial charge in [-0.05, 0) is 12.1 Å². The van der Waals surface area contributed by atoms with Gasteiger partial charge in [0.2, 0.25) is 0 Å². The maximum Gasteiger partial charge on any atom is 0.331 e. The van der Waals surface area contributed by atoms with Crippen LogP contribution >= 0.6 is 0 Å². The Labute approximate surface area is 87.0 Å². The zero-order chi connectivity index (χ0) is 11.1. The van der Waals surface area contributed by atoms with Crippen molar-refractivity contribution in [3.05, 3.63) is 29.6 Å². The monoisotopic (exact) mass is 209 g/mol. The molecular weight excluding hydrogens is 198 g/mol. The number of carbonyl (C=O) groups excluding carboxylic acids is 2. The molecule has 0 aromatic carbocycles. The van der Waals surface area contributed by atoms with Gasteiger partial charge in [-0.2, -0.15) is 0 Å². The number of carbonyl (C=O) groups is 2. The van der Waals surface area contributed by atoms with Crippen molar-refractivity contribution in [2.24, 2.45) is 0 Å². The summed E-state index contributed by atoms with van der Waals surface area (Å²) in [6.07, 6.45) is 0.657. The van der Waals surface area contributed by atoms with Crippen LogP contribution in [0.15, 0.2) is 18.2 Å². The molecule has 5 heteroatoms. The molecule has 80 valence electrons. The minimum atomic E-state index is -0.443. The molecule has 0 fully saturated rings. The molecule has 0 aliphatic rings. The Morgan fingerprint density at radius 2 is 2.33 bits per heavy atom. The van der Waals surface area contributed by atoms with Gasteiger partial charge in [0.1, 0.15) is 12.3 Å². The fourth-order valence-corrected chi connectivity index (χ4v) is 0.942. The van der Waals surface area contributed by atoms with Crippen LogP contribution in [0.3, 0.4) is 0 Å². The van der Waals surface area contributed by atoms with Gasteiger partial charge in [0, 0.05) is 0 Å². The first-order chi connectivity index (χ1) is 7.26. The minimum Gasteiger partial charge on any atom is -0.467 e. The predicted octanol–water partition coefficient (Wildman–Crippen LogP) is 0.584. The maximum atomic E-state index is 10.7. The van der Waals surface area contributed by atoms with Gasteiger partial charge >= 0.3 is 5.97 Å². The number of hydrogen-bond acceptors (Lipinski definition) is 5. The van der Waals surface area contributed by atoms with Crippen molar-refractivity contribution in [2.75, 3.05) is 13.7 Å². The van der Waals surface area contributed by atoms with Crippen molar-refractivity contribution in [1.29, 1.82) is 0 Å². The van der Waals surface area contributed by atoms with Crippen molar-refractivity contribution in [2.45, 2.75) is 6.61 Å². The molecular formula is C10H11NO4. The summed E-state index contributed by atoms with van der Waals surface area (Å²) in [5, 5.41) is 0. The summed E-state index contributed by atoms with van der Waals surface area (Å²) < 4.78 is 9.41. The van der Waals surface area contributed by atoms with Gasteiger partial charge in [0.05, 0.1) is 19.4 Å².